The number of fused-ring (bicyclic) bond motifs is 1. The molecule has 0 bridgehead atoms. The molecule has 7 heteroatoms. The van der Waals surface area contributed by atoms with E-state index in [1.54, 1.807) is 12.1 Å². The standard InChI is InChI=1S/C17H12FN3OS2/c18-11-8-6-10(7-9-11)14-19-15-13(16(22)20-14)24-17(23)21(15)12-4-2-1-3-5-12/h1-9,14,19H,(H,20,22)/t14-/m1/s1. The summed E-state index contributed by atoms with van der Waals surface area (Å²) < 4.78 is 15.6. The third-order valence-electron chi connectivity index (χ3n) is 3.79. The van der Waals surface area contributed by atoms with Gasteiger partial charge in [0.2, 0.25) is 0 Å². The molecule has 0 spiro atoms. The number of benzene rings is 2. The Morgan fingerprint density at radius 3 is 2.46 bits per heavy atom. The van der Waals surface area contributed by atoms with E-state index in [2.05, 4.69) is 10.6 Å². The van der Waals surface area contributed by atoms with Gasteiger partial charge in [-0.05, 0) is 42.0 Å². The van der Waals surface area contributed by atoms with Gasteiger partial charge in [0.1, 0.15) is 22.7 Å². The first-order valence-electron chi connectivity index (χ1n) is 7.27. The van der Waals surface area contributed by atoms with E-state index in [9.17, 15) is 9.18 Å². The van der Waals surface area contributed by atoms with E-state index < -0.39 is 6.17 Å². The Bertz CT molecular complexity index is 964. The number of halogens is 1. The summed E-state index contributed by atoms with van der Waals surface area (Å²) in [5, 5.41) is 6.18. The largest absolute Gasteiger partial charge is 0.346 e. The SMILES string of the molecule is O=C1N[C@H](c2ccc(F)cc2)Nc2c1sc(=S)n2-c1ccccc1. The molecular weight excluding hydrogens is 345 g/mol. The molecule has 24 heavy (non-hydrogen) atoms. The van der Waals surface area contributed by atoms with Gasteiger partial charge in [-0.2, -0.15) is 0 Å². The van der Waals surface area contributed by atoms with Gasteiger partial charge in [-0.3, -0.25) is 9.36 Å². The Labute approximate surface area is 146 Å². The van der Waals surface area contributed by atoms with Crippen molar-refractivity contribution < 1.29 is 9.18 Å². The van der Waals surface area contributed by atoms with Crippen LogP contribution in [0.25, 0.3) is 5.69 Å². The first kappa shape index (κ1) is 15.0. The monoisotopic (exact) mass is 357 g/mol. The van der Waals surface area contributed by atoms with E-state index in [1.165, 1.54) is 23.5 Å². The van der Waals surface area contributed by atoms with Gasteiger partial charge in [0.05, 0.1) is 0 Å². The Kier molecular flexibility index (Phi) is 3.66. The average molecular weight is 357 g/mol. The van der Waals surface area contributed by atoms with Crippen LogP contribution in [0.5, 0.6) is 0 Å². The van der Waals surface area contributed by atoms with Crippen molar-refractivity contribution in [3.8, 4) is 5.69 Å². The predicted molar refractivity (Wildman–Crippen MR) is 94.7 cm³/mol. The lowest BCUT2D eigenvalue weighted by Gasteiger charge is -2.27. The number of anilines is 1. The van der Waals surface area contributed by atoms with Gasteiger partial charge < -0.3 is 10.6 Å². The van der Waals surface area contributed by atoms with E-state index in [0.717, 1.165) is 11.3 Å². The highest BCUT2D eigenvalue weighted by Gasteiger charge is 2.29. The molecule has 4 rings (SSSR count). The lowest BCUT2D eigenvalue weighted by molar-refractivity contribution is 0.0939. The second-order valence-electron chi connectivity index (χ2n) is 5.32. The number of carbonyl (C=O) groups excluding carboxylic acids is 1. The van der Waals surface area contributed by atoms with E-state index >= 15 is 0 Å². The first-order chi connectivity index (χ1) is 11.6. The van der Waals surface area contributed by atoms with Crippen molar-refractivity contribution in [2.45, 2.75) is 6.17 Å². The van der Waals surface area contributed by atoms with Crippen molar-refractivity contribution >= 4 is 35.3 Å². The lowest BCUT2D eigenvalue weighted by Crippen LogP contribution is -2.38. The highest BCUT2D eigenvalue weighted by Crippen LogP contribution is 2.34. The second kappa shape index (κ2) is 5.85. The zero-order chi connectivity index (χ0) is 16.7. The fourth-order valence-corrected chi connectivity index (χ4v) is 3.97. The summed E-state index contributed by atoms with van der Waals surface area (Å²) in [6.07, 6.45) is -0.440. The van der Waals surface area contributed by atoms with E-state index in [1.807, 2.05) is 34.9 Å². The van der Waals surface area contributed by atoms with Crippen LogP contribution in [0.3, 0.4) is 0 Å². The summed E-state index contributed by atoms with van der Waals surface area (Å²) in [6.45, 7) is 0. The van der Waals surface area contributed by atoms with E-state index in [4.69, 9.17) is 12.2 Å². The van der Waals surface area contributed by atoms with Crippen molar-refractivity contribution in [3.05, 3.63) is 74.8 Å². The highest BCUT2D eigenvalue weighted by atomic mass is 32.1. The highest BCUT2D eigenvalue weighted by molar-refractivity contribution is 7.73. The minimum absolute atomic E-state index is 0.191. The fourth-order valence-electron chi connectivity index (χ4n) is 2.66. The summed E-state index contributed by atoms with van der Waals surface area (Å²) in [4.78, 5) is 13.0. The number of rotatable bonds is 2. The number of aromatic nitrogens is 1. The van der Waals surface area contributed by atoms with Gasteiger partial charge in [-0.25, -0.2) is 4.39 Å². The van der Waals surface area contributed by atoms with Crippen LogP contribution in [0.1, 0.15) is 21.4 Å². The molecule has 0 aliphatic carbocycles. The Morgan fingerprint density at radius 1 is 1.04 bits per heavy atom. The van der Waals surface area contributed by atoms with Crippen LogP contribution in [-0.2, 0) is 0 Å². The second-order valence-corrected chi connectivity index (χ2v) is 6.96. The van der Waals surface area contributed by atoms with Crippen LogP contribution >= 0.6 is 23.6 Å². The van der Waals surface area contributed by atoms with Gasteiger partial charge in [0.15, 0.2) is 3.95 Å². The molecule has 1 aliphatic heterocycles. The molecule has 120 valence electrons. The molecule has 0 saturated heterocycles. The maximum Gasteiger partial charge on any atom is 0.267 e. The summed E-state index contributed by atoms with van der Waals surface area (Å²) in [5.41, 5.74) is 1.66. The predicted octanol–water partition coefficient (Wildman–Crippen LogP) is 4.26. The lowest BCUT2D eigenvalue weighted by atomic mass is 10.1. The van der Waals surface area contributed by atoms with Gasteiger partial charge >= 0.3 is 0 Å². The summed E-state index contributed by atoms with van der Waals surface area (Å²) in [7, 11) is 0. The number of thiazole rings is 1. The van der Waals surface area contributed by atoms with Gasteiger partial charge in [-0.15, -0.1) is 0 Å². The topological polar surface area (TPSA) is 46.1 Å². The molecule has 4 nitrogen and oxygen atoms in total. The zero-order valence-corrected chi connectivity index (χ0v) is 14.0. The van der Waals surface area contributed by atoms with Crippen LogP contribution < -0.4 is 10.6 Å². The number of para-hydroxylation sites is 1. The fraction of sp³-hybridized carbons (Fsp3) is 0.0588. The number of nitrogens with zero attached hydrogens (tertiary/aromatic N) is 1. The molecule has 2 aromatic carbocycles. The number of carbonyl (C=O) groups is 1. The smallest absolute Gasteiger partial charge is 0.267 e. The van der Waals surface area contributed by atoms with Gasteiger partial charge in [-0.1, -0.05) is 41.7 Å². The quantitative estimate of drug-likeness (QED) is 0.674. The molecule has 0 unspecified atom stereocenters. The normalized spacial score (nSPS) is 16.2. The minimum atomic E-state index is -0.440. The molecule has 0 radical (unpaired) electrons. The molecule has 1 amide bonds. The maximum atomic E-state index is 13.1. The Morgan fingerprint density at radius 2 is 1.75 bits per heavy atom. The van der Waals surface area contributed by atoms with Crippen LogP contribution in [-0.4, -0.2) is 10.5 Å². The van der Waals surface area contributed by atoms with Crippen molar-refractivity contribution in [2.75, 3.05) is 5.32 Å². The molecule has 0 fully saturated rings. The number of amides is 1. The van der Waals surface area contributed by atoms with Crippen LogP contribution in [0.15, 0.2) is 54.6 Å². The zero-order valence-electron chi connectivity index (χ0n) is 12.3. The van der Waals surface area contributed by atoms with Crippen LogP contribution in [0.2, 0.25) is 0 Å². The van der Waals surface area contributed by atoms with Crippen molar-refractivity contribution in [1.82, 2.24) is 9.88 Å². The molecule has 1 aromatic heterocycles. The molecule has 2 N–H and O–H groups in total. The average Bonchev–Trinajstić information content (AvgIpc) is 2.93. The molecule has 1 atom stereocenters. The van der Waals surface area contributed by atoms with E-state index in [-0.39, 0.29) is 11.7 Å². The maximum absolute atomic E-state index is 13.1. The third kappa shape index (κ3) is 2.51. The Balaban J connectivity index is 1.80. The van der Waals surface area contributed by atoms with Crippen LogP contribution in [0, 0.1) is 9.77 Å². The first-order valence-corrected chi connectivity index (χ1v) is 8.50. The van der Waals surface area contributed by atoms with Crippen molar-refractivity contribution in [1.29, 1.82) is 0 Å². The molecular formula is C17H12FN3OS2. The summed E-state index contributed by atoms with van der Waals surface area (Å²) in [6, 6.07) is 15.7. The molecule has 2 heterocycles. The number of hydrogen-bond acceptors (Lipinski definition) is 4. The van der Waals surface area contributed by atoms with Crippen LogP contribution in [0.4, 0.5) is 10.2 Å². The molecule has 3 aromatic rings. The van der Waals surface area contributed by atoms with Crippen molar-refractivity contribution in [2.24, 2.45) is 0 Å². The number of hydrogen-bond donors (Lipinski definition) is 2. The van der Waals surface area contributed by atoms with E-state index in [0.29, 0.717) is 14.6 Å². The van der Waals surface area contributed by atoms with Gasteiger partial charge in [0.25, 0.3) is 5.91 Å². The molecule has 0 saturated carbocycles. The Hall–Kier alpha value is -2.51. The van der Waals surface area contributed by atoms with Gasteiger partial charge in [0, 0.05) is 5.69 Å². The minimum Gasteiger partial charge on any atom is -0.346 e. The summed E-state index contributed by atoms with van der Waals surface area (Å²) in [5.74, 6) is 0.155. The summed E-state index contributed by atoms with van der Waals surface area (Å²) >= 11 is 6.70. The van der Waals surface area contributed by atoms with Crippen molar-refractivity contribution in [3.63, 3.8) is 0 Å². The third-order valence-corrected chi connectivity index (χ3v) is 5.16. The molecule has 1 aliphatic rings. The number of nitrogens with one attached hydrogen (secondary N) is 2.